The van der Waals surface area contributed by atoms with E-state index in [0.717, 1.165) is 4.90 Å². The van der Waals surface area contributed by atoms with E-state index >= 15 is 0 Å². The molecule has 21 heavy (non-hydrogen) atoms. The number of carbonyl (C=O) groups excluding carboxylic acids is 2. The molecule has 0 radical (unpaired) electrons. The minimum Gasteiger partial charge on any atom is -0.349 e. The van der Waals surface area contributed by atoms with E-state index in [1.54, 1.807) is 12.1 Å². The van der Waals surface area contributed by atoms with Crippen LogP contribution in [0.25, 0.3) is 0 Å². The van der Waals surface area contributed by atoms with Crippen LogP contribution in [0.1, 0.15) is 10.4 Å². The van der Waals surface area contributed by atoms with E-state index in [1.165, 1.54) is 12.1 Å². The van der Waals surface area contributed by atoms with Crippen molar-refractivity contribution in [2.75, 3.05) is 33.7 Å². The maximum Gasteiger partial charge on any atom is 0.269 e. The molecule has 0 aromatic heterocycles. The maximum absolute atomic E-state index is 12.2. The lowest BCUT2D eigenvalue weighted by Gasteiger charge is -2.15. The highest BCUT2D eigenvalue weighted by Gasteiger charge is 2.41. The first-order valence-electron chi connectivity index (χ1n) is 6.56. The second-order valence-corrected chi connectivity index (χ2v) is 6.95. The summed E-state index contributed by atoms with van der Waals surface area (Å²) in [4.78, 5) is 25.0. The fourth-order valence-corrected chi connectivity index (χ4v) is 3.55. The van der Waals surface area contributed by atoms with Crippen molar-refractivity contribution in [3.05, 3.63) is 29.8 Å². The van der Waals surface area contributed by atoms with Crippen LogP contribution >= 0.6 is 0 Å². The second-order valence-electron chi connectivity index (χ2n) is 5.12. The number of amides is 2. The Bertz CT molecular complexity index is 670. The maximum atomic E-state index is 12.2. The summed E-state index contributed by atoms with van der Waals surface area (Å²) in [5.74, 6) is -1.14. The molecule has 7 nitrogen and oxygen atoms in total. The van der Waals surface area contributed by atoms with Gasteiger partial charge in [0.05, 0.1) is 32.7 Å². The quantitative estimate of drug-likeness (QED) is 0.664. The Morgan fingerprint density at radius 3 is 2.57 bits per heavy atom. The molecule has 0 spiro atoms. The molecule has 0 atom stereocenters. The predicted molar refractivity (Wildman–Crippen MR) is 75.4 cm³/mol. The van der Waals surface area contributed by atoms with Gasteiger partial charge >= 0.3 is 0 Å². The van der Waals surface area contributed by atoms with E-state index in [9.17, 15) is 18.0 Å². The van der Waals surface area contributed by atoms with Crippen LogP contribution in [0.15, 0.2) is 29.2 Å². The number of sulfonamides is 1. The highest BCUT2D eigenvalue weighted by molar-refractivity contribution is 7.90. The Hall–Kier alpha value is -1.93. The Labute approximate surface area is 123 Å². The topological polar surface area (TPSA) is 88.0 Å². The SMILES string of the molecule is C[NH+](C)CCNC(=O)CN1C(=O)c2ccccc2S1(=O)=O. The zero-order valence-corrected chi connectivity index (χ0v) is 12.7. The van der Waals surface area contributed by atoms with Gasteiger partial charge in [0.15, 0.2) is 0 Å². The third-order valence-electron chi connectivity index (χ3n) is 3.15. The normalized spacial score (nSPS) is 16.1. The molecule has 1 aromatic carbocycles. The van der Waals surface area contributed by atoms with Gasteiger partial charge in [0.25, 0.3) is 15.9 Å². The Morgan fingerprint density at radius 1 is 1.29 bits per heavy atom. The first kappa shape index (κ1) is 15.5. The molecule has 0 aliphatic carbocycles. The summed E-state index contributed by atoms with van der Waals surface area (Å²) in [5.41, 5.74) is 0.114. The van der Waals surface area contributed by atoms with Crippen molar-refractivity contribution in [3.63, 3.8) is 0 Å². The van der Waals surface area contributed by atoms with Crippen molar-refractivity contribution in [2.45, 2.75) is 4.90 Å². The third-order valence-corrected chi connectivity index (χ3v) is 4.93. The Balaban J connectivity index is 2.09. The van der Waals surface area contributed by atoms with Gasteiger partial charge in [0.1, 0.15) is 11.4 Å². The van der Waals surface area contributed by atoms with Crippen molar-refractivity contribution in [1.82, 2.24) is 9.62 Å². The highest BCUT2D eigenvalue weighted by Crippen LogP contribution is 2.29. The van der Waals surface area contributed by atoms with Gasteiger partial charge < -0.3 is 10.2 Å². The standard InChI is InChI=1S/C13H17N3O4S/c1-15(2)8-7-14-12(17)9-16-13(18)10-5-3-4-6-11(10)21(16,19)20/h3-6H,7-9H2,1-2H3,(H,14,17)/p+1. The molecular formula is C13H18N3O4S+. The van der Waals surface area contributed by atoms with Gasteiger partial charge in [-0.15, -0.1) is 0 Å². The Kier molecular flexibility index (Phi) is 4.29. The molecule has 2 amide bonds. The molecule has 1 heterocycles. The lowest BCUT2D eigenvalue weighted by molar-refractivity contribution is -0.856. The summed E-state index contributed by atoms with van der Waals surface area (Å²) in [6.45, 7) is 0.654. The van der Waals surface area contributed by atoms with Gasteiger partial charge in [-0.1, -0.05) is 12.1 Å². The number of hydrogen-bond donors (Lipinski definition) is 2. The van der Waals surface area contributed by atoms with E-state index in [0.29, 0.717) is 17.4 Å². The fraction of sp³-hybridized carbons (Fsp3) is 0.385. The number of likely N-dealkylation sites (N-methyl/N-ethyl adjacent to an activating group) is 1. The van der Waals surface area contributed by atoms with Crippen molar-refractivity contribution < 1.29 is 22.9 Å². The van der Waals surface area contributed by atoms with E-state index in [4.69, 9.17) is 0 Å². The molecule has 0 saturated carbocycles. The molecule has 0 bridgehead atoms. The molecular weight excluding hydrogens is 294 g/mol. The minimum atomic E-state index is -3.91. The first-order chi connectivity index (χ1) is 9.84. The monoisotopic (exact) mass is 312 g/mol. The number of benzene rings is 1. The summed E-state index contributed by atoms with van der Waals surface area (Å²) in [7, 11) is -0.0308. The number of nitrogens with one attached hydrogen (secondary N) is 2. The van der Waals surface area contributed by atoms with Gasteiger partial charge in [-0.05, 0) is 12.1 Å². The molecule has 0 unspecified atom stereocenters. The average molecular weight is 312 g/mol. The van der Waals surface area contributed by atoms with Gasteiger partial charge in [0.2, 0.25) is 5.91 Å². The van der Waals surface area contributed by atoms with Crippen LogP contribution in [0.3, 0.4) is 0 Å². The average Bonchev–Trinajstić information content (AvgIpc) is 2.60. The van der Waals surface area contributed by atoms with Crippen molar-refractivity contribution in [2.24, 2.45) is 0 Å². The van der Waals surface area contributed by atoms with Gasteiger partial charge in [-0.3, -0.25) is 9.59 Å². The van der Waals surface area contributed by atoms with Gasteiger partial charge in [0, 0.05) is 0 Å². The van der Waals surface area contributed by atoms with Gasteiger partial charge in [-0.25, -0.2) is 12.7 Å². The number of quaternary nitrogens is 1. The predicted octanol–water partition coefficient (Wildman–Crippen LogP) is -1.91. The van der Waals surface area contributed by atoms with Crippen LogP contribution in [0.4, 0.5) is 0 Å². The molecule has 2 N–H and O–H groups in total. The van der Waals surface area contributed by atoms with Crippen LogP contribution in [0.5, 0.6) is 0 Å². The number of fused-ring (bicyclic) bond motifs is 1. The Morgan fingerprint density at radius 2 is 1.95 bits per heavy atom. The van der Waals surface area contributed by atoms with Crippen LogP contribution in [-0.4, -0.2) is 58.3 Å². The van der Waals surface area contributed by atoms with Crippen LogP contribution in [0.2, 0.25) is 0 Å². The molecule has 0 saturated heterocycles. The van der Waals surface area contributed by atoms with Crippen LogP contribution in [0, 0.1) is 0 Å². The number of hydrogen-bond acceptors (Lipinski definition) is 4. The second kappa shape index (κ2) is 5.82. The minimum absolute atomic E-state index is 0.0412. The summed E-state index contributed by atoms with van der Waals surface area (Å²) in [5, 5.41) is 2.61. The molecule has 0 fully saturated rings. The van der Waals surface area contributed by atoms with Crippen LogP contribution in [-0.2, 0) is 14.8 Å². The van der Waals surface area contributed by atoms with E-state index in [1.807, 2.05) is 14.1 Å². The molecule has 114 valence electrons. The lowest BCUT2D eigenvalue weighted by atomic mass is 10.2. The van der Waals surface area contributed by atoms with E-state index in [2.05, 4.69) is 5.32 Å². The largest absolute Gasteiger partial charge is 0.349 e. The molecule has 8 heteroatoms. The summed E-state index contributed by atoms with van der Waals surface area (Å²) in [6.07, 6.45) is 0. The smallest absolute Gasteiger partial charge is 0.269 e. The van der Waals surface area contributed by atoms with Crippen LogP contribution < -0.4 is 10.2 Å². The van der Waals surface area contributed by atoms with Crippen molar-refractivity contribution in [1.29, 1.82) is 0 Å². The number of nitrogens with zero attached hydrogens (tertiary/aromatic N) is 1. The third kappa shape index (κ3) is 3.06. The zero-order chi connectivity index (χ0) is 15.6. The molecule has 1 aromatic rings. The summed E-state index contributed by atoms with van der Waals surface area (Å²) < 4.78 is 25.1. The van der Waals surface area contributed by atoms with Gasteiger partial charge in [-0.2, -0.15) is 0 Å². The number of rotatable bonds is 5. The van der Waals surface area contributed by atoms with Crippen molar-refractivity contribution >= 4 is 21.8 Å². The molecule has 1 aliphatic heterocycles. The lowest BCUT2D eigenvalue weighted by Crippen LogP contribution is -3.06. The van der Waals surface area contributed by atoms with E-state index < -0.39 is 28.4 Å². The number of carbonyl (C=O) groups is 2. The molecule has 1 aliphatic rings. The fourth-order valence-electron chi connectivity index (χ4n) is 2.03. The molecule has 2 rings (SSSR count). The summed E-state index contributed by atoms with van der Waals surface area (Å²) >= 11 is 0. The highest BCUT2D eigenvalue weighted by atomic mass is 32.2. The van der Waals surface area contributed by atoms with Crippen molar-refractivity contribution in [3.8, 4) is 0 Å². The first-order valence-corrected chi connectivity index (χ1v) is 8.00. The summed E-state index contributed by atoms with van der Waals surface area (Å²) in [6, 6.07) is 5.96. The van der Waals surface area contributed by atoms with E-state index in [-0.39, 0.29) is 10.5 Å². The zero-order valence-electron chi connectivity index (χ0n) is 11.9.